The topological polar surface area (TPSA) is 35.2 Å². The minimum Gasteiger partial charge on any atom is -0.488 e. The summed E-state index contributed by atoms with van der Waals surface area (Å²) in [4.78, 5) is 0. The summed E-state index contributed by atoms with van der Waals surface area (Å²) in [6.45, 7) is 8.86. The first kappa shape index (κ1) is 16.9. The Labute approximate surface area is 138 Å². The number of nitrogens with two attached hydrogens (primary N) is 1. The van der Waals surface area contributed by atoms with Crippen molar-refractivity contribution < 1.29 is 4.74 Å². The van der Waals surface area contributed by atoms with E-state index in [0.29, 0.717) is 12.5 Å². The zero-order chi connectivity index (χ0) is 16.7. The molecule has 1 atom stereocenters. The maximum Gasteiger partial charge on any atom is 0.129 e. The highest BCUT2D eigenvalue weighted by Crippen LogP contribution is 2.13. The molecule has 0 aliphatic heterocycles. The highest BCUT2D eigenvalue weighted by molar-refractivity contribution is 5.51. The summed E-state index contributed by atoms with van der Waals surface area (Å²) >= 11 is 0. The van der Waals surface area contributed by atoms with Crippen LogP contribution in [0.2, 0.25) is 0 Å². The van der Waals surface area contributed by atoms with Crippen LogP contribution in [0.3, 0.4) is 0 Å². The van der Waals surface area contributed by atoms with E-state index in [4.69, 9.17) is 10.5 Å². The SMILES string of the molecule is C=c1cccc/c1=C(/C=C(/N)C(C)CC)OCc1ccccc1. The smallest absolute Gasteiger partial charge is 0.129 e. The van der Waals surface area contributed by atoms with E-state index in [1.54, 1.807) is 0 Å². The van der Waals surface area contributed by atoms with Gasteiger partial charge in [-0.05, 0) is 29.2 Å². The van der Waals surface area contributed by atoms with E-state index in [1.807, 2.05) is 48.5 Å². The van der Waals surface area contributed by atoms with Crippen LogP contribution >= 0.6 is 0 Å². The standard InChI is InChI=1S/C21H25NO/c1-4-16(2)20(22)14-21(19-13-9-8-10-17(19)3)23-15-18-11-6-5-7-12-18/h5-14,16H,3-4,15,22H2,1-2H3/b20-14+,21-19+. The first-order chi connectivity index (χ1) is 11.1. The van der Waals surface area contributed by atoms with Crippen molar-refractivity contribution in [1.29, 1.82) is 0 Å². The molecule has 1 unspecified atom stereocenters. The molecule has 0 saturated carbocycles. The maximum atomic E-state index is 6.22. The molecule has 0 amide bonds. The molecular weight excluding hydrogens is 282 g/mol. The molecule has 0 radical (unpaired) electrons. The summed E-state index contributed by atoms with van der Waals surface area (Å²) in [7, 11) is 0. The molecule has 2 rings (SSSR count). The Bertz CT molecular complexity index is 762. The van der Waals surface area contributed by atoms with E-state index in [-0.39, 0.29) is 0 Å². The van der Waals surface area contributed by atoms with Crippen LogP contribution in [0.4, 0.5) is 0 Å². The van der Waals surface area contributed by atoms with Crippen LogP contribution in [0, 0.1) is 5.92 Å². The van der Waals surface area contributed by atoms with Crippen LogP contribution in [0.15, 0.2) is 66.4 Å². The monoisotopic (exact) mass is 307 g/mol. The fourth-order valence-electron chi connectivity index (χ4n) is 2.22. The van der Waals surface area contributed by atoms with Crippen LogP contribution in [0.5, 0.6) is 0 Å². The van der Waals surface area contributed by atoms with E-state index in [0.717, 1.165) is 33.9 Å². The summed E-state index contributed by atoms with van der Waals surface area (Å²) in [6, 6.07) is 18.1. The first-order valence-corrected chi connectivity index (χ1v) is 8.04. The molecule has 0 saturated heterocycles. The van der Waals surface area contributed by atoms with Crippen LogP contribution < -0.4 is 16.2 Å². The van der Waals surface area contributed by atoms with Gasteiger partial charge < -0.3 is 10.5 Å². The third-order valence-electron chi connectivity index (χ3n) is 4.00. The lowest BCUT2D eigenvalue weighted by atomic mass is 10.0. The lowest BCUT2D eigenvalue weighted by molar-refractivity contribution is 0.263. The van der Waals surface area contributed by atoms with Gasteiger partial charge in [-0.3, -0.25) is 0 Å². The van der Waals surface area contributed by atoms with Crippen LogP contribution in [-0.4, -0.2) is 0 Å². The molecule has 0 aliphatic carbocycles. The fraction of sp³-hybridized carbons (Fsp3) is 0.238. The number of hydrogen-bond acceptors (Lipinski definition) is 2. The second-order valence-electron chi connectivity index (χ2n) is 5.75. The molecule has 2 aromatic rings. The van der Waals surface area contributed by atoms with Gasteiger partial charge >= 0.3 is 0 Å². The molecule has 2 N–H and O–H groups in total. The Kier molecular flexibility index (Phi) is 6.04. The van der Waals surface area contributed by atoms with Crippen LogP contribution in [-0.2, 0) is 11.3 Å². The molecular formula is C21H25NO. The number of benzene rings is 2. The normalized spacial score (nSPS) is 14.3. The van der Waals surface area contributed by atoms with Gasteiger partial charge in [0.05, 0.1) is 0 Å². The Morgan fingerprint density at radius 1 is 1.13 bits per heavy atom. The largest absolute Gasteiger partial charge is 0.488 e. The average molecular weight is 307 g/mol. The summed E-state index contributed by atoms with van der Waals surface area (Å²) in [6.07, 6.45) is 2.95. The average Bonchev–Trinajstić information content (AvgIpc) is 2.59. The molecule has 0 bridgehead atoms. The zero-order valence-electron chi connectivity index (χ0n) is 14.0. The van der Waals surface area contributed by atoms with Gasteiger partial charge in [-0.1, -0.05) is 75.0 Å². The first-order valence-electron chi connectivity index (χ1n) is 8.04. The quantitative estimate of drug-likeness (QED) is 0.888. The number of ether oxygens (including phenoxy) is 1. The van der Waals surface area contributed by atoms with Gasteiger partial charge in [-0.15, -0.1) is 0 Å². The maximum absolute atomic E-state index is 6.22. The van der Waals surface area contributed by atoms with Gasteiger partial charge in [-0.2, -0.15) is 0 Å². The van der Waals surface area contributed by atoms with E-state index in [1.165, 1.54) is 0 Å². The number of allylic oxidation sites excluding steroid dienone is 1. The lowest BCUT2D eigenvalue weighted by Crippen LogP contribution is -2.26. The van der Waals surface area contributed by atoms with Crippen molar-refractivity contribution in [2.75, 3.05) is 0 Å². The molecule has 2 aromatic carbocycles. The molecule has 0 spiro atoms. The van der Waals surface area contributed by atoms with Gasteiger partial charge in [0.25, 0.3) is 0 Å². The van der Waals surface area contributed by atoms with E-state index in [2.05, 4.69) is 32.6 Å². The van der Waals surface area contributed by atoms with Crippen LogP contribution in [0.25, 0.3) is 12.3 Å². The van der Waals surface area contributed by atoms with Gasteiger partial charge in [0.1, 0.15) is 12.4 Å². The molecule has 0 aromatic heterocycles. The Morgan fingerprint density at radius 2 is 1.78 bits per heavy atom. The molecule has 2 heteroatoms. The van der Waals surface area contributed by atoms with E-state index in [9.17, 15) is 0 Å². The Hall–Kier alpha value is -2.48. The molecule has 0 aliphatic rings. The highest BCUT2D eigenvalue weighted by Gasteiger charge is 2.05. The minimum atomic E-state index is 0.322. The van der Waals surface area contributed by atoms with Crippen LogP contribution in [0.1, 0.15) is 25.8 Å². The predicted octanol–water partition coefficient (Wildman–Crippen LogP) is 3.31. The molecule has 120 valence electrons. The van der Waals surface area contributed by atoms with Crippen molar-refractivity contribution >= 4 is 12.3 Å². The van der Waals surface area contributed by atoms with Crippen molar-refractivity contribution in [2.24, 2.45) is 11.7 Å². The Balaban J connectivity index is 2.39. The minimum absolute atomic E-state index is 0.322. The Morgan fingerprint density at radius 3 is 2.43 bits per heavy atom. The van der Waals surface area contributed by atoms with Gasteiger partial charge in [0, 0.05) is 10.9 Å². The third-order valence-corrected chi connectivity index (χ3v) is 4.00. The molecule has 0 heterocycles. The van der Waals surface area contributed by atoms with Gasteiger partial charge in [-0.25, -0.2) is 0 Å². The van der Waals surface area contributed by atoms with Crippen molar-refractivity contribution in [3.63, 3.8) is 0 Å². The number of hydrogen-bond donors (Lipinski definition) is 1. The molecule has 0 fully saturated rings. The predicted molar refractivity (Wildman–Crippen MR) is 97.6 cm³/mol. The van der Waals surface area contributed by atoms with Gasteiger partial charge in [0.2, 0.25) is 0 Å². The summed E-state index contributed by atoms with van der Waals surface area (Å²) in [5.74, 6) is 1.10. The van der Waals surface area contributed by atoms with Crippen molar-refractivity contribution in [2.45, 2.75) is 26.9 Å². The van der Waals surface area contributed by atoms with Crippen molar-refractivity contribution in [3.8, 4) is 0 Å². The number of rotatable bonds is 6. The molecule has 23 heavy (non-hydrogen) atoms. The lowest BCUT2D eigenvalue weighted by Gasteiger charge is -2.12. The van der Waals surface area contributed by atoms with Gasteiger partial charge in [0.15, 0.2) is 0 Å². The highest BCUT2D eigenvalue weighted by atomic mass is 16.5. The summed E-state index contributed by atoms with van der Waals surface area (Å²) in [5.41, 5.74) is 8.18. The fourth-order valence-corrected chi connectivity index (χ4v) is 2.22. The second-order valence-corrected chi connectivity index (χ2v) is 5.75. The zero-order valence-corrected chi connectivity index (χ0v) is 14.0. The van der Waals surface area contributed by atoms with E-state index >= 15 is 0 Å². The van der Waals surface area contributed by atoms with Crippen molar-refractivity contribution in [3.05, 3.63) is 82.4 Å². The van der Waals surface area contributed by atoms with E-state index < -0.39 is 0 Å². The molecule has 2 nitrogen and oxygen atoms in total. The second kappa shape index (κ2) is 8.23. The summed E-state index contributed by atoms with van der Waals surface area (Å²) < 4.78 is 6.08. The van der Waals surface area contributed by atoms with Crippen molar-refractivity contribution in [1.82, 2.24) is 0 Å². The summed E-state index contributed by atoms with van der Waals surface area (Å²) in [5, 5.41) is 1.92. The third kappa shape index (κ3) is 4.75.